The lowest BCUT2D eigenvalue weighted by atomic mass is 10.0. The lowest BCUT2D eigenvalue weighted by molar-refractivity contribution is -0.129. The van der Waals surface area contributed by atoms with E-state index in [-0.39, 0.29) is 36.1 Å². The largest absolute Gasteiger partial charge is 0.341 e. The van der Waals surface area contributed by atoms with Gasteiger partial charge in [-0.1, -0.05) is 0 Å². The van der Waals surface area contributed by atoms with Gasteiger partial charge in [0.2, 0.25) is 5.91 Å². The molecule has 140 valence electrons. The second-order valence-corrected chi connectivity index (χ2v) is 9.77. The van der Waals surface area contributed by atoms with Gasteiger partial charge in [0.25, 0.3) is 5.56 Å². The normalized spacial score (nSPS) is 24.3. The summed E-state index contributed by atoms with van der Waals surface area (Å²) in [6.45, 7) is 4.45. The molecule has 2 aromatic heterocycles. The highest BCUT2D eigenvalue weighted by Gasteiger charge is 2.47. The van der Waals surface area contributed by atoms with Gasteiger partial charge in [-0.2, -0.15) is 0 Å². The fourth-order valence-electron chi connectivity index (χ4n) is 4.37. The Morgan fingerprint density at radius 3 is 2.73 bits per heavy atom. The van der Waals surface area contributed by atoms with Crippen LogP contribution in [-0.4, -0.2) is 58.1 Å². The highest BCUT2D eigenvalue weighted by Crippen LogP contribution is 2.34. The summed E-state index contributed by atoms with van der Waals surface area (Å²) in [5, 5.41) is 2.78. The van der Waals surface area contributed by atoms with Gasteiger partial charge in [0, 0.05) is 25.8 Å². The SMILES string of the molecule is Cc1nc2c(c(C)c1CC(=O)N1C[C@@H]3CCS(=O)(=O)[C@@H]3C1)c(=O)[nH]n2C. The summed E-state index contributed by atoms with van der Waals surface area (Å²) in [5.74, 6) is 0.193. The molecule has 4 rings (SSSR count). The van der Waals surface area contributed by atoms with E-state index in [1.165, 1.54) is 0 Å². The van der Waals surface area contributed by atoms with Crippen LogP contribution in [0.5, 0.6) is 0 Å². The molecule has 9 heteroatoms. The molecule has 2 saturated heterocycles. The van der Waals surface area contributed by atoms with Crippen LogP contribution in [0.1, 0.15) is 23.2 Å². The first-order valence-corrected chi connectivity index (χ1v) is 10.4. The Balaban J connectivity index is 1.63. The number of likely N-dealkylation sites (tertiary alicyclic amines) is 1. The van der Waals surface area contributed by atoms with Crippen molar-refractivity contribution in [3.63, 3.8) is 0 Å². The fraction of sp³-hybridized carbons (Fsp3) is 0.588. The van der Waals surface area contributed by atoms with E-state index in [1.807, 2.05) is 13.8 Å². The highest BCUT2D eigenvalue weighted by atomic mass is 32.2. The second kappa shape index (κ2) is 5.67. The van der Waals surface area contributed by atoms with Crippen molar-refractivity contribution in [1.82, 2.24) is 19.7 Å². The van der Waals surface area contributed by atoms with Crippen LogP contribution in [0.4, 0.5) is 0 Å². The first-order valence-electron chi connectivity index (χ1n) is 8.73. The molecule has 0 saturated carbocycles. The molecular weight excluding hydrogens is 356 g/mol. The van der Waals surface area contributed by atoms with Gasteiger partial charge in [-0.15, -0.1) is 0 Å². The number of carbonyl (C=O) groups is 1. The van der Waals surface area contributed by atoms with Gasteiger partial charge >= 0.3 is 0 Å². The standard InChI is InChI=1S/C17H22N4O4S/c1-9-12(10(2)18-16-15(9)17(23)19-20(16)3)6-14(22)21-7-11-4-5-26(24,25)13(11)8-21/h11,13H,4-8H2,1-3H3,(H,19,23)/t11-,13+/m0/s1. The molecule has 1 N–H and O–H groups in total. The summed E-state index contributed by atoms with van der Waals surface area (Å²) in [6, 6.07) is 0. The number of hydrogen-bond donors (Lipinski definition) is 1. The molecule has 2 atom stereocenters. The number of H-pyrrole nitrogens is 1. The van der Waals surface area contributed by atoms with E-state index in [0.29, 0.717) is 29.7 Å². The average molecular weight is 378 g/mol. The van der Waals surface area contributed by atoms with E-state index in [4.69, 9.17) is 0 Å². The van der Waals surface area contributed by atoms with Crippen molar-refractivity contribution in [3.8, 4) is 0 Å². The third-order valence-electron chi connectivity index (χ3n) is 5.87. The number of pyridine rings is 1. The number of hydrogen-bond acceptors (Lipinski definition) is 5. The first-order chi connectivity index (χ1) is 12.2. The van der Waals surface area contributed by atoms with Crippen LogP contribution in [0.2, 0.25) is 0 Å². The van der Waals surface area contributed by atoms with Gasteiger partial charge in [-0.05, 0) is 37.3 Å². The Bertz CT molecular complexity index is 1080. The Morgan fingerprint density at radius 1 is 1.31 bits per heavy atom. The van der Waals surface area contributed by atoms with Crippen LogP contribution >= 0.6 is 0 Å². The zero-order valence-electron chi connectivity index (χ0n) is 15.1. The summed E-state index contributed by atoms with van der Waals surface area (Å²) in [4.78, 5) is 31.1. The Kier molecular flexibility index (Phi) is 3.76. The Hall–Kier alpha value is -2.16. The maximum Gasteiger partial charge on any atom is 0.273 e. The number of amides is 1. The van der Waals surface area contributed by atoms with Gasteiger partial charge in [-0.3, -0.25) is 19.4 Å². The van der Waals surface area contributed by atoms with Crippen molar-refractivity contribution in [2.45, 2.75) is 31.9 Å². The molecule has 0 radical (unpaired) electrons. The van der Waals surface area contributed by atoms with Gasteiger partial charge < -0.3 is 4.90 Å². The summed E-state index contributed by atoms with van der Waals surface area (Å²) in [6.07, 6.45) is 0.774. The van der Waals surface area contributed by atoms with Gasteiger partial charge in [0.1, 0.15) is 0 Å². The number of aryl methyl sites for hydroxylation is 3. The lowest BCUT2D eigenvalue weighted by Gasteiger charge is -2.19. The molecule has 0 unspecified atom stereocenters. The van der Waals surface area contributed by atoms with Crippen molar-refractivity contribution in [2.24, 2.45) is 13.0 Å². The van der Waals surface area contributed by atoms with Crippen molar-refractivity contribution in [1.29, 1.82) is 0 Å². The third-order valence-corrected chi connectivity index (χ3v) is 8.13. The molecule has 0 bridgehead atoms. The molecule has 2 fully saturated rings. The van der Waals surface area contributed by atoms with Crippen LogP contribution in [0.25, 0.3) is 11.0 Å². The predicted molar refractivity (Wildman–Crippen MR) is 96.8 cm³/mol. The average Bonchev–Trinajstić information content (AvgIpc) is 3.19. The van der Waals surface area contributed by atoms with Crippen molar-refractivity contribution in [3.05, 3.63) is 27.2 Å². The molecule has 1 amide bonds. The fourth-order valence-corrected chi connectivity index (χ4v) is 6.52. The third kappa shape index (κ3) is 2.48. The summed E-state index contributed by atoms with van der Waals surface area (Å²) in [7, 11) is -1.34. The zero-order chi connectivity index (χ0) is 18.8. The minimum Gasteiger partial charge on any atom is -0.341 e. The van der Waals surface area contributed by atoms with Crippen LogP contribution in [0.15, 0.2) is 4.79 Å². The van der Waals surface area contributed by atoms with E-state index < -0.39 is 15.1 Å². The predicted octanol–water partition coefficient (Wildman–Crippen LogP) is 0.0664. The molecule has 8 nitrogen and oxygen atoms in total. The number of aromatic nitrogens is 3. The van der Waals surface area contributed by atoms with Gasteiger partial charge in [-0.25, -0.2) is 13.4 Å². The number of nitrogens with one attached hydrogen (secondary N) is 1. The Morgan fingerprint density at radius 2 is 2.04 bits per heavy atom. The maximum atomic E-state index is 12.8. The highest BCUT2D eigenvalue weighted by molar-refractivity contribution is 7.92. The van der Waals surface area contributed by atoms with E-state index in [9.17, 15) is 18.0 Å². The van der Waals surface area contributed by atoms with Crippen LogP contribution in [0.3, 0.4) is 0 Å². The van der Waals surface area contributed by atoms with Gasteiger partial charge in [0.15, 0.2) is 15.5 Å². The van der Waals surface area contributed by atoms with E-state index in [1.54, 1.807) is 16.6 Å². The Labute approximate surface area is 151 Å². The molecule has 4 heterocycles. The minimum atomic E-state index is -3.07. The van der Waals surface area contributed by atoms with E-state index in [2.05, 4.69) is 10.1 Å². The molecule has 2 aromatic rings. The smallest absolute Gasteiger partial charge is 0.273 e. The molecule has 0 aliphatic carbocycles. The number of carbonyl (C=O) groups excluding carboxylic acids is 1. The van der Waals surface area contributed by atoms with Crippen LogP contribution in [0, 0.1) is 19.8 Å². The number of fused-ring (bicyclic) bond motifs is 2. The number of aromatic amines is 1. The quantitative estimate of drug-likeness (QED) is 0.796. The number of sulfone groups is 1. The monoisotopic (exact) mass is 378 g/mol. The molecule has 2 aliphatic rings. The topological polar surface area (TPSA) is 105 Å². The van der Waals surface area contributed by atoms with Crippen molar-refractivity contribution < 1.29 is 13.2 Å². The van der Waals surface area contributed by atoms with Gasteiger partial charge in [0.05, 0.1) is 22.8 Å². The van der Waals surface area contributed by atoms with Crippen LogP contribution in [-0.2, 0) is 28.1 Å². The number of nitrogens with zero attached hydrogens (tertiary/aromatic N) is 3. The molecule has 0 spiro atoms. The zero-order valence-corrected chi connectivity index (χ0v) is 15.9. The molecule has 26 heavy (non-hydrogen) atoms. The summed E-state index contributed by atoms with van der Waals surface area (Å²) < 4.78 is 25.7. The van der Waals surface area contributed by atoms with Crippen LogP contribution < -0.4 is 5.56 Å². The minimum absolute atomic E-state index is 0.0590. The van der Waals surface area contributed by atoms with Crippen molar-refractivity contribution in [2.75, 3.05) is 18.8 Å². The van der Waals surface area contributed by atoms with Crippen molar-refractivity contribution >= 4 is 26.8 Å². The first kappa shape index (κ1) is 17.3. The summed E-state index contributed by atoms with van der Waals surface area (Å²) in [5.41, 5.74) is 2.57. The summed E-state index contributed by atoms with van der Waals surface area (Å²) >= 11 is 0. The second-order valence-electron chi connectivity index (χ2n) is 7.43. The molecular formula is C17H22N4O4S. The lowest BCUT2D eigenvalue weighted by Crippen LogP contribution is -2.33. The number of rotatable bonds is 2. The molecule has 2 aliphatic heterocycles. The molecule has 0 aromatic carbocycles. The maximum absolute atomic E-state index is 12.8. The van der Waals surface area contributed by atoms with E-state index >= 15 is 0 Å². The van der Waals surface area contributed by atoms with E-state index in [0.717, 1.165) is 11.1 Å².